The number of aliphatic hydroxyl groups is 1. The third kappa shape index (κ3) is 4.51. The number of carbonyl (C=O) groups excluding carboxylic acids is 2. The van der Waals surface area contributed by atoms with Crippen LogP contribution in [-0.2, 0) is 11.2 Å². The molecule has 2 atom stereocenters. The molecule has 0 saturated heterocycles. The van der Waals surface area contributed by atoms with Crippen LogP contribution in [0.1, 0.15) is 74.9 Å². The van der Waals surface area contributed by atoms with Crippen molar-refractivity contribution in [2.45, 2.75) is 72.3 Å². The number of rotatable bonds is 6. The van der Waals surface area contributed by atoms with Crippen molar-refractivity contribution in [2.24, 2.45) is 11.3 Å². The second kappa shape index (κ2) is 8.49. The maximum Gasteiger partial charge on any atom is 0.154 e. The number of hydrogen-bond acceptors (Lipinski definition) is 5. The van der Waals surface area contributed by atoms with Gasteiger partial charge in [0.25, 0.3) is 0 Å². The van der Waals surface area contributed by atoms with Crippen molar-refractivity contribution in [1.29, 1.82) is 0 Å². The van der Waals surface area contributed by atoms with E-state index in [4.69, 9.17) is 11.6 Å². The van der Waals surface area contributed by atoms with E-state index in [2.05, 4.69) is 0 Å². The van der Waals surface area contributed by atoms with Gasteiger partial charge in [-0.3, -0.25) is 9.59 Å². The van der Waals surface area contributed by atoms with Crippen LogP contribution in [0.4, 0.5) is 0 Å². The Morgan fingerprint density at radius 1 is 1.24 bits per heavy atom. The van der Waals surface area contributed by atoms with Crippen LogP contribution in [0.5, 0.6) is 11.5 Å². The Balaban J connectivity index is 2.19. The normalized spacial score (nSPS) is 24.6. The third-order valence-electron chi connectivity index (χ3n) is 6.57. The van der Waals surface area contributed by atoms with Gasteiger partial charge in [-0.2, -0.15) is 0 Å². The van der Waals surface area contributed by atoms with Crippen molar-refractivity contribution in [3.05, 3.63) is 33.4 Å². The van der Waals surface area contributed by atoms with E-state index >= 15 is 0 Å². The molecule has 1 aromatic carbocycles. The van der Waals surface area contributed by atoms with Crippen LogP contribution in [0, 0.1) is 18.3 Å². The van der Waals surface area contributed by atoms with E-state index in [0.29, 0.717) is 37.5 Å². The molecule has 29 heavy (non-hydrogen) atoms. The zero-order valence-corrected chi connectivity index (χ0v) is 18.6. The predicted molar refractivity (Wildman–Crippen MR) is 114 cm³/mol. The van der Waals surface area contributed by atoms with E-state index in [-0.39, 0.29) is 45.8 Å². The highest BCUT2D eigenvalue weighted by Crippen LogP contribution is 2.47. The summed E-state index contributed by atoms with van der Waals surface area (Å²) in [5, 5.41) is 31.5. The Bertz CT molecular complexity index is 852. The highest BCUT2D eigenvalue weighted by molar-refractivity contribution is 6.33. The third-order valence-corrected chi connectivity index (χ3v) is 7.03. The summed E-state index contributed by atoms with van der Waals surface area (Å²) < 4.78 is 0. The number of benzene rings is 1. The first-order valence-corrected chi connectivity index (χ1v) is 10.3. The van der Waals surface area contributed by atoms with Crippen LogP contribution in [0.3, 0.4) is 0 Å². The molecule has 5 nitrogen and oxygen atoms in total. The van der Waals surface area contributed by atoms with E-state index in [1.165, 1.54) is 0 Å². The van der Waals surface area contributed by atoms with E-state index < -0.39 is 11.0 Å². The highest BCUT2D eigenvalue weighted by atomic mass is 35.5. The van der Waals surface area contributed by atoms with Crippen molar-refractivity contribution < 1.29 is 24.9 Å². The Morgan fingerprint density at radius 3 is 2.45 bits per heavy atom. The molecule has 0 bridgehead atoms. The van der Waals surface area contributed by atoms with Gasteiger partial charge in [0, 0.05) is 17.4 Å². The highest BCUT2D eigenvalue weighted by Gasteiger charge is 2.49. The number of halogens is 1. The van der Waals surface area contributed by atoms with Gasteiger partial charge in [-0.1, -0.05) is 37.1 Å². The maximum absolute atomic E-state index is 12.3. The molecule has 1 fully saturated rings. The number of ketones is 1. The van der Waals surface area contributed by atoms with Crippen LogP contribution < -0.4 is 0 Å². The van der Waals surface area contributed by atoms with Crippen molar-refractivity contribution in [3.8, 4) is 11.5 Å². The van der Waals surface area contributed by atoms with E-state index in [1.54, 1.807) is 13.8 Å². The topological polar surface area (TPSA) is 94.8 Å². The van der Waals surface area contributed by atoms with Gasteiger partial charge in [0.1, 0.15) is 17.3 Å². The molecule has 1 aromatic rings. The van der Waals surface area contributed by atoms with Crippen molar-refractivity contribution in [3.63, 3.8) is 0 Å². The average Bonchev–Trinajstić information content (AvgIpc) is 2.63. The number of phenolic OH excluding ortho intramolecular Hbond substituents is 2. The first-order chi connectivity index (χ1) is 13.3. The molecule has 0 radical (unpaired) electrons. The zero-order valence-electron chi connectivity index (χ0n) is 17.8. The second-order valence-corrected chi connectivity index (χ2v) is 9.37. The Kier molecular flexibility index (Phi) is 6.86. The quantitative estimate of drug-likeness (QED) is 0.447. The zero-order chi connectivity index (χ0) is 22.1. The average molecular weight is 423 g/mol. The Labute approximate surface area is 177 Å². The molecule has 0 unspecified atom stereocenters. The summed E-state index contributed by atoms with van der Waals surface area (Å²) >= 11 is 6.09. The summed E-state index contributed by atoms with van der Waals surface area (Å²) in [6, 6.07) is 0. The minimum Gasteiger partial charge on any atom is -0.507 e. The number of allylic oxidation sites excluding steroid dienone is 2. The summed E-state index contributed by atoms with van der Waals surface area (Å²) in [7, 11) is 0. The molecule has 1 aliphatic rings. The lowest BCUT2D eigenvalue weighted by atomic mass is 9.59. The van der Waals surface area contributed by atoms with Crippen LogP contribution in [0.2, 0.25) is 5.02 Å². The fraction of sp³-hybridized carbons (Fsp3) is 0.565. The van der Waals surface area contributed by atoms with Gasteiger partial charge >= 0.3 is 0 Å². The first kappa shape index (κ1) is 23.4. The molecule has 0 aromatic heterocycles. The van der Waals surface area contributed by atoms with E-state index in [1.807, 2.05) is 26.8 Å². The lowest BCUT2D eigenvalue weighted by molar-refractivity contribution is -0.149. The molecule has 1 aliphatic carbocycles. The van der Waals surface area contributed by atoms with Gasteiger partial charge < -0.3 is 15.3 Å². The summed E-state index contributed by atoms with van der Waals surface area (Å²) in [6.45, 7) is 9.10. The van der Waals surface area contributed by atoms with Crippen molar-refractivity contribution in [1.82, 2.24) is 0 Å². The smallest absolute Gasteiger partial charge is 0.154 e. The molecule has 3 N–H and O–H groups in total. The summed E-state index contributed by atoms with van der Waals surface area (Å²) in [5.41, 5.74) is 0.152. The first-order valence-electron chi connectivity index (χ1n) is 9.94. The molecule has 6 heteroatoms. The molecule has 0 heterocycles. The van der Waals surface area contributed by atoms with E-state index in [0.717, 1.165) is 5.57 Å². The number of aromatic hydroxyl groups is 2. The standard InChI is InChI=1S/C23H31ClO5/c1-13(7-9-17-22(3,4)18(26)10-11-23(17,5)29)6-8-15-20(27)16(12-25)14(2)19(24)21(15)28/h6,12,17,27-29H,7-11H2,1-5H3/b13-6+/t17-,23-/m0/s1. The summed E-state index contributed by atoms with van der Waals surface area (Å²) in [6.07, 6.45) is 4.80. The molecular weight excluding hydrogens is 392 g/mol. The van der Waals surface area contributed by atoms with E-state index in [9.17, 15) is 24.9 Å². The Hall–Kier alpha value is -1.85. The van der Waals surface area contributed by atoms with Gasteiger partial charge in [-0.25, -0.2) is 0 Å². The lowest BCUT2D eigenvalue weighted by Crippen LogP contribution is -2.51. The fourth-order valence-corrected chi connectivity index (χ4v) is 4.69. The molecular formula is C23H31ClO5. The predicted octanol–water partition coefficient (Wildman–Crippen LogP) is 4.90. The lowest BCUT2D eigenvalue weighted by Gasteiger charge is -2.47. The molecule has 0 aliphatic heterocycles. The number of hydrogen-bond donors (Lipinski definition) is 3. The van der Waals surface area contributed by atoms with Crippen LogP contribution in [-0.4, -0.2) is 33.0 Å². The molecule has 160 valence electrons. The van der Waals surface area contributed by atoms with Gasteiger partial charge in [0.05, 0.1) is 16.2 Å². The second-order valence-electron chi connectivity index (χ2n) is 8.99. The number of carbonyl (C=O) groups is 2. The van der Waals surface area contributed by atoms with Crippen LogP contribution in [0.15, 0.2) is 11.6 Å². The van der Waals surface area contributed by atoms with Crippen LogP contribution in [0.25, 0.3) is 0 Å². The van der Waals surface area contributed by atoms with Crippen molar-refractivity contribution >= 4 is 23.7 Å². The van der Waals surface area contributed by atoms with Crippen LogP contribution >= 0.6 is 11.6 Å². The molecule has 0 amide bonds. The Morgan fingerprint density at radius 2 is 1.86 bits per heavy atom. The minimum atomic E-state index is -0.891. The maximum atomic E-state index is 12.3. The SMILES string of the molecule is C/C(=C\Cc1c(O)c(Cl)c(C)c(C=O)c1O)CC[C@H]1C(C)(C)C(=O)CC[C@]1(C)O. The van der Waals surface area contributed by atoms with Gasteiger partial charge in [-0.15, -0.1) is 0 Å². The fourth-order valence-electron chi connectivity index (χ4n) is 4.48. The number of aldehydes is 1. The minimum absolute atomic E-state index is 0.0597. The largest absolute Gasteiger partial charge is 0.507 e. The van der Waals surface area contributed by atoms with Gasteiger partial charge in [0.2, 0.25) is 0 Å². The van der Waals surface area contributed by atoms with Gasteiger partial charge in [-0.05, 0) is 57.9 Å². The van der Waals surface area contributed by atoms with Gasteiger partial charge in [0.15, 0.2) is 6.29 Å². The monoisotopic (exact) mass is 422 g/mol. The molecule has 0 spiro atoms. The number of Topliss-reactive ketones (excluding diaryl/α,β-unsaturated/α-hetero) is 1. The van der Waals surface area contributed by atoms with Crippen molar-refractivity contribution in [2.75, 3.05) is 0 Å². The molecule has 2 rings (SSSR count). The number of phenols is 2. The molecule has 1 saturated carbocycles. The summed E-state index contributed by atoms with van der Waals surface area (Å²) in [5.74, 6) is -0.457. The summed E-state index contributed by atoms with van der Waals surface area (Å²) in [4.78, 5) is 23.6.